The number of aryl methyl sites for hydroxylation is 1. The van der Waals surface area contributed by atoms with Crippen molar-refractivity contribution in [1.29, 1.82) is 0 Å². The maximum atomic E-state index is 12.7. The zero-order valence-electron chi connectivity index (χ0n) is 16.7. The minimum atomic E-state index is -0.0254. The van der Waals surface area contributed by atoms with Gasteiger partial charge in [0, 0.05) is 47.6 Å². The van der Waals surface area contributed by atoms with Gasteiger partial charge in [-0.3, -0.25) is 4.79 Å². The Balaban J connectivity index is 1.94. The average molecular weight is 397 g/mol. The van der Waals surface area contributed by atoms with Crippen molar-refractivity contribution in [1.82, 2.24) is 9.88 Å². The van der Waals surface area contributed by atoms with E-state index in [1.807, 2.05) is 18.2 Å². The summed E-state index contributed by atoms with van der Waals surface area (Å²) >= 11 is 6.28. The number of fused-ring (bicyclic) bond motifs is 1. The van der Waals surface area contributed by atoms with E-state index in [0.29, 0.717) is 11.4 Å². The van der Waals surface area contributed by atoms with Gasteiger partial charge in [0.15, 0.2) is 0 Å². The van der Waals surface area contributed by atoms with Crippen LogP contribution in [0.1, 0.15) is 56.6 Å². The van der Waals surface area contributed by atoms with Gasteiger partial charge in [-0.2, -0.15) is 0 Å². The number of hydrogen-bond acceptors (Lipinski definition) is 1. The number of aromatic nitrogens is 1. The minimum Gasteiger partial charge on any atom is -0.356 e. The van der Waals surface area contributed by atoms with Gasteiger partial charge in [0.05, 0.1) is 0 Å². The van der Waals surface area contributed by atoms with Gasteiger partial charge in [0.25, 0.3) is 0 Å². The molecular weight excluding hydrogens is 368 g/mol. The predicted octanol–water partition coefficient (Wildman–Crippen LogP) is 6.14. The number of benzene rings is 2. The number of carbonyl (C=O) groups is 1. The Kier molecular flexibility index (Phi) is 7.16. The molecule has 3 aromatic rings. The van der Waals surface area contributed by atoms with Gasteiger partial charge in [0.1, 0.15) is 0 Å². The van der Waals surface area contributed by atoms with E-state index in [2.05, 4.69) is 60.3 Å². The molecule has 0 aliphatic carbocycles. The summed E-state index contributed by atoms with van der Waals surface area (Å²) in [4.78, 5) is 12.7. The minimum absolute atomic E-state index is 0.0254. The van der Waals surface area contributed by atoms with Crippen LogP contribution in [0.4, 0.5) is 0 Å². The van der Waals surface area contributed by atoms with Crippen LogP contribution in [0.25, 0.3) is 10.9 Å². The molecule has 148 valence electrons. The topological polar surface area (TPSA) is 34.0 Å². The van der Waals surface area contributed by atoms with Crippen molar-refractivity contribution in [2.45, 2.75) is 52.0 Å². The fraction of sp³-hybridized carbons (Fsp3) is 0.375. The molecule has 0 saturated carbocycles. The molecule has 3 rings (SSSR count). The number of nitrogens with one attached hydrogen (secondary N) is 1. The van der Waals surface area contributed by atoms with Gasteiger partial charge in [0.2, 0.25) is 5.91 Å². The zero-order valence-corrected chi connectivity index (χ0v) is 17.5. The summed E-state index contributed by atoms with van der Waals surface area (Å²) in [6.07, 6.45) is 5.93. The Hall–Kier alpha value is -2.26. The highest BCUT2D eigenvalue weighted by atomic mass is 35.5. The number of amides is 1. The molecule has 2 aromatic carbocycles. The first-order chi connectivity index (χ1) is 13.6. The van der Waals surface area contributed by atoms with Gasteiger partial charge in [-0.05, 0) is 42.7 Å². The van der Waals surface area contributed by atoms with Gasteiger partial charge < -0.3 is 9.88 Å². The lowest BCUT2D eigenvalue weighted by Gasteiger charge is -2.17. The molecule has 1 atom stereocenters. The van der Waals surface area contributed by atoms with Crippen molar-refractivity contribution < 1.29 is 4.79 Å². The van der Waals surface area contributed by atoms with E-state index in [1.165, 1.54) is 16.5 Å². The molecule has 0 fully saturated rings. The number of nitrogens with zero attached hydrogens (tertiary/aromatic N) is 1. The molecule has 3 nitrogen and oxygen atoms in total. The summed E-state index contributed by atoms with van der Waals surface area (Å²) in [6.45, 7) is 5.95. The van der Waals surface area contributed by atoms with Crippen LogP contribution in [0.3, 0.4) is 0 Å². The maximum Gasteiger partial charge on any atom is 0.220 e. The highest BCUT2D eigenvalue weighted by molar-refractivity contribution is 6.30. The molecule has 28 heavy (non-hydrogen) atoms. The first-order valence-corrected chi connectivity index (χ1v) is 10.6. The highest BCUT2D eigenvalue weighted by Crippen LogP contribution is 2.35. The Morgan fingerprint density at radius 3 is 2.68 bits per heavy atom. The first-order valence-electron chi connectivity index (χ1n) is 10.2. The molecule has 0 saturated heterocycles. The van der Waals surface area contributed by atoms with Crippen LogP contribution in [-0.2, 0) is 11.3 Å². The second-order valence-electron chi connectivity index (χ2n) is 7.26. The fourth-order valence-electron chi connectivity index (χ4n) is 3.81. The summed E-state index contributed by atoms with van der Waals surface area (Å²) in [5.74, 6) is 0.0667. The van der Waals surface area contributed by atoms with Crippen molar-refractivity contribution in [3.05, 3.63) is 70.9 Å². The number of carbonyl (C=O) groups excluding carboxylic acids is 1. The van der Waals surface area contributed by atoms with E-state index < -0.39 is 0 Å². The Morgan fingerprint density at radius 2 is 1.93 bits per heavy atom. The van der Waals surface area contributed by atoms with Gasteiger partial charge in [-0.15, -0.1) is 0 Å². The molecule has 0 aliphatic heterocycles. The van der Waals surface area contributed by atoms with E-state index in [9.17, 15) is 4.79 Å². The summed E-state index contributed by atoms with van der Waals surface area (Å²) < 4.78 is 2.25. The molecule has 0 aliphatic rings. The van der Waals surface area contributed by atoms with Crippen LogP contribution < -0.4 is 5.32 Å². The normalized spacial score (nSPS) is 12.2. The molecule has 0 radical (unpaired) electrons. The summed E-state index contributed by atoms with van der Waals surface area (Å²) in [5.41, 5.74) is 3.47. The SMILES string of the molecule is CCCCCNC(=O)C[C@H](c1cccc(Cl)c1)c1cn(CC)c2ccccc12. The van der Waals surface area contributed by atoms with Crippen molar-refractivity contribution in [2.24, 2.45) is 0 Å². The monoisotopic (exact) mass is 396 g/mol. The van der Waals surface area contributed by atoms with Crippen molar-refractivity contribution in [3.63, 3.8) is 0 Å². The number of para-hydroxylation sites is 1. The predicted molar refractivity (Wildman–Crippen MR) is 118 cm³/mol. The van der Waals surface area contributed by atoms with Crippen LogP contribution in [0.5, 0.6) is 0 Å². The van der Waals surface area contributed by atoms with E-state index in [0.717, 1.165) is 37.9 Å². The quantitative estimate of drug-likeness (QED) is 0.433. The summed E-state index contributed by atoms with van der Waals surface area (Å²) in [7, 11) is 0. The number of halogens is 1. The van der Waals surface area contributed by atoms with Gasteiger partial charge in [-0.1, -0.05) is 61.7 Å². The molecule has 1 amide bonds. The Morgan fingerprint density at radius 1 is 1.11 bits per heavy atom. The van der Waals surface area contributed by atoms with E-state index in [1.54, 1.807) is 0 Å². The third kappa shape index (κ3) is 4.77. The van der Waals surface area contributed by atoms with Crippen molar-refractivity contribution in [2.75, 3.05) is 6.54 Å². The van der Waals surface area contributed by atoms with Gasteiger partial charge >= 0.3 is 0 Å². The average Bonchev–Trinajstić information content (AvgIpc) is 3.08. The summed E-state index contributed by atoms with van der Waals surface area (Å²) in [5, 5.41) is 4.99. The van der Waals surface area contributed by atoms with Crippen LogP contribution in [0, 0.1) is 0 Å². The van der Waals surface area contributed by atoms with Gasteiger partial charge in [-0.25, -0.2) is 0 Å². The zero-order chi connectivity index (χ0) is 19.9. The molecule has 1 N–H and O–H groups in total. The van der Waals surface area contributed by atoms with E-state index in [4.69, 9.17) is 11.6 Å². The van der Waals surface area contributed by atoms with Crippen LogP contribution in [-0.4, -0.2) is 17.0 Å². The summed E-state index contributed by atoms with van der Waals surface area (Å²) in [6, 6.07) is 16.3. The second kappa shape index (κ2) is 9.79. The largest absolute Gasteiger partial charge is 0.356 e. The third-order valence-electron chi connectivity index (χ3n) is 5.28. The standard InChI is InChI=1S/C24H29ClN2O/c1-3-5-8-14-26-24(28)16-21(18-10-9-11-19(25)15-18)22-17-27(4-2)23-13-7-6-12-20(22)23/h6-7,9-13,15,17,21H,3-5,8,14,16H2,1-2H3,(H,26,28)/t21-/m1/s1. The molecule has 0 spiro atoms. The molecule has 1 aromatic heterocycles. The number of unbranched alkanes of at least 4 members (excludes halogenated alkanes) is 2. The van der Waals surface area contributed by atoms with Crippen molar-refractivity contribution in [3.8, 4) is 0 Å². The lowest BCUT2D eigenvalue weighted by Crippen LogP contribution is -2.26. The maximum absolute atomic E-state index is 12.7. The smallest absolute Gasteiger partial charge is 0.220 e. The molecule has 1 heterocycles. The number of hydrogen-bond donors (Lipinski definition) is 1. The fourth-order valence-corrected chi connectivity index (χ4v) is 4.00. The molecular formula is C24H29ClN2O. The van der Waals surface area contributed by atoms with Crippen LogP contribution in [0.2, 0.25) is 5.02 Å². The van der Waals surface area contributed by atoms with Crippen molar-refractivity contribution >= 4 is 28.4 Å². The Labute approximate surface area is 172 Å². The third-order valence-corrected chi connectivity index (χ3v) is 5.51. The lowest BCUT2D eigenvalue weighted by atomic mass is 9.88. The number of rotatable bonds is 9. The van der Waals surface area contributed by atoms with E-state index >= 15 is 0 Å². The van der Waals surface area contributed by atoms with Crippen LogP contribution in [0.15, 0.2) is 54.7 Å². The van der Waals surface area contributed by atoms with Crippen LogP contribution >= 0.6 is 11.6 Å². The van der Waals surface area contributed by atoms with E-state index in [-0.39, 0.29) is 11.8 Å². The second-order valence-corrected chi connectivity index (χ2v) is 7.69. The molecule has 4 heteroatoms. The highest BCUT2D eigenvalue weighted by Gasteiger charge is 2.22. The Bertz CT molecular complexity index is 931. The lowest BCUT2D eigenvalue weighted by molar-refractivity contribution is -0.121. The molecule has 0 bridgehead atoms. The molecule has 0 unspecified atom stereocenters. The first kappa shape index (κ1) is 20.5.